The number of amides is 1. The summed E-state index contributed by atoms with van der Waals surface area (Å²) in [7, 11) is 1.52. The summed E-state index contributed by atoms with van der Waals surface area (Å²) in [5.41, 5.74) is 1.90. The van der Waals surface area contributed by atoms with Crippen LogP contribution in [-0.2, 0) is 25.7 Å². The molecule has 5 nitrogen and oxygen atoms in total. The smallest absolute Gasteiger partial charge is 0.355 e. The van der Waals surface area contributed by atoms with Crippen molar-refractivity contribution in [3.63, 3.8) is 0 Å². The van der Waals surface area contributed by atoms with Crippen LogP contribution in [0.2, 0.25) is 0 Å². The van der Waals surface area contributed by atoms with E-state index in [0.717, 1.165) is 11.1 Å². The first-order chi connectivity index (χ1) is 10.0. The second-order valence-corrected chi connectivity index (χ2v) is 5.07. The maximum atomic E-state index is 12.3. The fourth-order valence-corrected chi connectivity index (χ4v) is 2.18. The van der Waals surface area contributed by atoms with Gasteiger partial charge in [0, 0.05) is 7.11 Å². The number of benzene rings is 1. The SMILES string of the molecule is COC1CC(=O)N1C(C(=O)OCc1ccccc1)=C(C)C. The summed E-state index contributed by atoms with van der Waals surface area (Å²) in [4.78, 5) is 25.4. The Morgan fingerprint density at radius 3 is 2.48 bits per heavy atom. The van der Waals surface area contributed by atoms with Gasteiger partial charge in [-0.2, -0.15) is 0 Å². The van der Waals surface area contributed by atoms with Gasteiger partial charge in [-0.3, -0.25) is 9.69 Å². The van der Waals surface area contributed by atoms with Crippen LogP contribution in [0.3, 0.4) is 0 Å². The van der Waals surface area contributed by atoms with Crippen molar-refractivity contribution in [2.75, 3.05) is 7.11 Å². The molecular formula is C16H19NO4. The summed E-state index contributed by atoms with van der Waals surface area (Å²) in [6, 6.07) is 9.41. The van der Waals surface area contributed by atoms with Crippen molar-refractivity contribution in [1.82, 2.24) is 4.90 Å². The van der Waals surface area contributed by atoms with Gasteiger partial charge in [0.1, 0.15) is 18.5 Å². The molecule has 0 aromatic heterocycles. The lowest BCUT2D eigenvalue weighted by Gasteiger charge is -2.39. The molecule has 1 unspecified atom stereocenters. The van der Waals surface area contributed by atoms with Crippen molar-refractivity contribution < 1.29 is 19.1 Å². The van der Waals surface area contributed by atoms with E-state index in [4.69, 9.17) is 9.47 Å². The first kappa shape index (κ1) is 15.3. The van der Waals surface area contributed by atoms with Gasteiger partial charge in [-0.1, -0.05) is 30.3 Å². The summed E-state index contributed by atoms with van der Waals surface area (Å²) in [6.07, 6.45) is -0.0918. The number of carbonyl (C=O) groups is 2. The standard InChI is InChI=1S/C16H19NO4/c1-11(2)15(17-13(18)9-14(17)20-3)16(19)21-10-12-7-5-4-6-8-12/h4-8,14H,9-10H2,1-3H3. The second-order valence-electron chi connectivity index (χ2n) is 5.07. The molecule has 1 fully saturated rings. The molecular weight excluding hydrogens is 270 g/mol. The lowest BCUT2D eigenvalue weighted by atomic mass is 10.1. The van der Waals surface area contributed by atoms with E-state index in [9.17, 15) is 9.59 Å². The summed E-state index contributed by atoms with van der Waals surface area (Å²) < 4.78 is 10.5. The molecule has 0 radical (unpaired) electrons. The first-order valence-corrected chi connectivity index (χ1v) is 6.78. The van der Waals surface area contributed by atoms with Gasteiger partial charge >= 0.3 is 5.97 Å². The molecule has 1 saturated heterocycles. The van der Waals surface area contributed by atoms with Gasteiger partial charge in [0.2, 0.25) is 5.91 Å². The molecule has 1 aliphatic rings. The Morgan fingerprint density at radius 1 is 1.29 bits per heavy atom. The van der Waals surface area contributed by atoms with Crippen molar-refractivity contribution in [2.24, 2.45) is 0 Å². The Bertz CT molecular complexity index is 561. The minimum Gasteiger partial charge on any atom is -0.456 e. The Morgan fingerprint density at radius 2 is 1.95 bits per heavy atom. The van der Waals surface area contributed by atoms with Gasteiger partial charge in [0.05, 0.1) is 6.42 Å². The van der Waals surface area contributed by atoms with Gasteiger partial charge in [-0.25, -0.2) is 4.79 Å². The zero-order valence-corrected chi connectivity index (χ0v) is 12.5. The number of nitrogens with zero attached hydrogens (tertiary/aromatic N) is 1. The van der Waals surface area contributed by atoms with E-state index in [2.05, 4.69) is 0 Å². The van der Waals surface area contributed by atoms with Crippen LogP contribution < -0.4 is 0 Å². The Balaban J connectivity index is 2.07. The first-order valence-electron chi connectivity index (χ1n) is 6.78. The maximum Gasteiger partial charge on any atom is 0.355 e. The molecule has 5 heteroatoms. The molecule has 112 valence electrons. The molecule has 0 spiro atoms. The minimum absolute atomic E-state index is 0.130. The third-order valence-electron chi connectivity index (χ3n) is 3.30. The number of rotatable bonds is 5. The number of esters is 1. The predicted molar refractivity (Wildman–Crippen MR) is 76.9 cm³/mol. The minimum atomic E-state index is -0.506. The Labute approximate surface area is 124 Å². The summed E-state index contributed by atoms with van der Waals surface area (Å²) >= 11 is 0. The van der Waals surface area contributed by atoms with Crippen LogP contribution in [-0.4, -0.2) is 30.1 Å². The lowest BCUT2D eigenvalue weighted by Crippen LogP contribution is -2.54. The van der Waals surface area contributed by atoms with E-state index in [0.29, 0.717) is 6.42 Å². The molecule has 2 rings (SSSR count). The zero-order valence-electron chi connectivity index (χ0n) is 12.5. The Hall–Kier alpha value is -2.14. The van der Waals surface area contributed by atoms with Gasteiger partial charge in [0.25, 0.3) is 0 Å². The summed E-state index contributed by atoms with van der Waals surface area (Å²) in [5.74, 6) is -0.635. The average molecular weight is 289 g/mol. The van der Waals surface area contributed by atoms with Crippen LogP contribution in [0.5, 0.6) is 0 Å². The number of likely N-dealkylation sites (tertiary alicyclic amines) is 1. The lowest BCUT2D eigenvalue weighted by molar-refractivity contribution is -0.169. The van der Waals surface area contributed by atoms with E-state index >= 15 is 0 Å². The number of methoxy groups -OCH3 is 1. The fourth-order valence-electron chi connectivity index (χ4n) is 2.18. The van der Waals surface area contributed by atoms with Crippen LogP contribution in [0, 0.1) is 0 Å². The van der Waals surface area contributed by atoms with Crippen molar-refractivity contribution in [3.8, 4) is 0 Å². The van der Waals surface area contributed by atoms with E-state index in [-0.39, 0.29) is 24.4 Å². The number of hydrogen-bond acceptors (Lipinski definition) is 4. The van der Waals surface area contributed by atoms with E-state index in [1.165, 1.54) is 12.0 Å². The summed E-state index contributed by atoms with van der Waals surface area (Å²) in [5, 5.41) is 0. The molecule has 21 heavy (non-hydrogen) atoms. The van der Waals surface area contributed by atoms with Crippen molar-refractivity contribution >= 4 is 11.9 Å². The van der Waals surface area contributed by atoms with Crippen LogP contribution in [0.4, 0.5) is 0 Å². The van der Waals surface area contributed by atoms with E-state index in [1.807, 2.05) is 30.3 Å². The van der Waals surface area contributed by atoms with Crippen molar-refractivity contribution in [2.45, 2.75) is 33.1 Å². The molecule has 1 amide bonds. The van der Waals surface area contributed by atoms with Crippen LogP contribution in [0.1, 0.15) is 25.8 Å². The van der Waals surface area contributed by atoms with Gasteiger partial charge < -0.3 is 9.47 Å². The van der Waals surface area contributed by atoms with E-state index in [1.54, 1.807) is 13.8 Å². The number of ether oxygens (including phenoxy) is 2. The summed E-state index contributed by atoms with van der Waals surface area (Å²) in [6.45, 7) is 3.73. The zero-order chi connectivity index (χ0) is 15.4. The molecule has 1 aromatic carbocycles. The average Bonchev–Trinajstić information content (AvgIpc) is 2.48. The highest BCUT2D eigenvalue weighted by molar-refractivity contribution is 5.97. The molecule has 1 aliphatic heterocycles. The van der Waals surface area contributed by atoms with Crippen molar-refractivity contribution in [3.05, 3.63) is 47.2 Å². The monoisotopic (exact) mass is 289 g/mol. The highest BCUT2D eigenvalue weighted by atomic mass is 16.5. The molecule has 1 aromatic rings. The van der Waals surface area contributed by atoms with Crippen LogP contribution in [0.15, 0.2) is 41.6 Å². The highest BCUT2D eigenvalue weighted by Crippen LogP contribution is 2.28. The fraction of sp³-hybridized carbons (Fsp3) is 0.375. The molecule has 0 saturated carbocycles. The van der Waals surface area contributed by atoms with Crippen LogP contribution in [0.25, 0.3) is 0 Å². The Kier molecular flexibility index (Phi) is 4.75. The second kappa shape index (κ2) is 6.54. The molecule has 0 bridgehead atoms. The number of allylic oxidation sites excluding steroid dienone is 1. The maximum absolute atomic E-state index is 12.3. The molecule has 0 aliphatic carbocycles. The largest absolute Gasteiger partial charge is 0.456 e. The predicted octanol–water partition coefficient (Wildman–Crippen LogP) is 2.23. The third-order valence-corrected chi connectivity index (χ3v) is 3.30. The number of β-lactam (4-membered cyclic amide) rings is 1. The van der Waals surface area contributed by atoms with Crippen LogP contribution >= 0.6 is 0 Å². The van der Waals surface area contributed by atoms with Gasteiger partial charge in [0.15, 0.2) is 0 Å². The van der Waals surface area contributed by atoms with Gasteiger partial charge in [-0.05, 0) is 25.0 Å². The van der Waals surface area contributed by atoms with E-state index < -0.39 is 5.97 Å². The van der Waals surface area contributed by atoms with Gasteiger partial charge in [-0.15, -0.1) is 0 Å². The molecule has 1 atom stereocenters. The topological polar surface area (TPSA) is 55.8 Å². The van der Waals surface area contributed by atoms with Crippen molar-refractivity contribution in [1.29, 1.82) is 0 Å². The molecule has 1 heterocycles. The number of carbonyl (C=O) groups excluding carboxylic acids is 2. The molecule has 0 N–H and O–H groups in total. The normalized spacial score (nSPS) is 17.2. The third kappa shape index (κ3) is 3.31. The highest BCUT2D eigenvalue weighted by Gasteiger charge is 2.42. The number of hydrogen-bond donors (Lipinski definition) is 0. The quantitative estimate of drug-likeness (QED) is 0.474.